The molecule has 0 atom stereocenters. The minimum atomic E-state index is 0.414. The zero-order valence-corrected chi connectivity index (χ0v) is 39.7. The summed E-state index contributed by atoms with van der Waals surface area (Å²) in [6, 6.07) is 91.0. The van der Waals surface area contributed by atoms with Gasteiger partial charge in [-0.05, 0) is 99.6 Å². The highest BCUT2D eigenvalue weighted by molar-refractivity contribution is 6.14. The van der Waals surface area contributed by atoms with Crippen LogP contribution in [0.5, 0.6) is 0 Å². The summed E-state index contributed by atoms with van der Waals surface area (Å²) in [5.41, 5.74) is 21.5. The molecule has 0 bridgehead atoms. The Labute approximate surface area is 423 Å². The van der Waals surface area contributed by atoms with Crippen LogP contribution in [0.1, 0.15) is 11.1 Å². The molecule has 344 valence electrons. The number of rotatable bonds is 11. The van der Waals surface area contributed by atoms with Gasteiger partial charge in [-0.15, -0.1) is 0 Å². The number of hydrogen-bond donors (Lipinski definition) is 2. The molecule has 2 N–H and O–H groups in total. The van der Waals surface area contributed by atoms with Gasteiger partial charge in [-0.1, -0.05) is 206 Å². The Balaban J connectivity index is 0.923. The van der Waals surface area contributed by atoms with Crippen LogP contribution in [-0.4, -0.2) is 24.9 Å². The molecule has 13 rings (SSSR count). The standard InChI is InChI=1S/C67H46N6/c68-59(47-23-9-3-10-24-47)43-62(54-30-18-28-50(40-54)46-21-7-2-8-22-46)71-73-65-34-16-14-32-56(65)58-42-52(36-38-66(58)73)51-35-37-64-57(41-51)55-31-13-15-33-63(55)72(64)67-69-60(48-25-11-4-12-26-48)44-61(70-67)53-29-17-27-49(39-53)45-19-5-1-6-20-45/h1-44,68,71H/b62-43-,68-59?. The average molecular weight is 935 g/mol. The van der Waals surface area contributed by atoms with E-state index in [-0.39, 0.29) is 0 Å². The first-order chi connectivity index (χ1) is 36.1. The predicted octanol–water partition coefficient (Wildman–Crippen LogP) is 16.7. The van der Waals surface area contributed by atoms with Crippen LogP contribution in [0, 0.1) is 5.41 Å². The van der Waals surface area contributed by atoms with Gasteiger partial charge in [-0.3, -0.25) is 14.7 Å². The van der Waals surface area contributed by atoms with Crippen LogP contribution >= 0.6 is 0 Å². The van der Waals surface area contributed by atoms with Crippen molar-refractivity contribution in [1.82, 2.24) is 19.2 Å². The maximum atomic E-state index is 9.25. The second-order valence-electron chi connectivity index (χ2n) is 18.3. The summed E-state index contributed by atoms with van der Waals surface area (Å²) < 4.78 is 4.38. The van der Waals surface area contributed by atoms with Crippen LogP contribution in [0.3, 0.4) is 0 Å². The minimum Gasteiger partial charge on any atom is -0.300 e. The molecule has 13 aromatic rings. The van der Waals surface area contributed by atoms with E-state index in [1.807, 2.05) is 54.6 Å². The molecule has 3 aromatic heterocycles. The largest absolute Gasteiger partial charge is 0.300 e. The van der Waals surface area contributed by atoms with Gasteiger partial charge < -0.3 is 5.41 Å². The fourth-order valence-corrected chi connectivity index (χ4v) is 10.2. The third-order valence-electron chi connectivity index (χ3n) is 13.8. The zero-order chi connectivity index (χ0) is 48.7. The van der Waals surface area contributed by atoms with Crippen molar-refractivity contribution >= 4 is 55.0 Å². The third-order valence-corrected chi connectivity index (χ3v) is 13.8. The van der Waals surface area contributed by atoms with E-state index in [1.165, 1.54) is 0 Å². The van der Waals surface area contributed by atoms with Crippen molar-refractivity contribution in [3.63, 3.8) is 0 Å². The highest BCUT2D eigenvalue weighted by Crippen LogP contribution is 2.38. The summed E-state index contributed by atoms with van der Waals surface area (Å²) in [4.78, 5) is 10.7. The van der Waals surface area contributed by atoms with Crippen molar-refractivity contribution in [2.75, 3.05) is 5.43 Å². The molecule has 3 heterocycles. The quantitative estimate of drug-likeness (QED) is 0.127. The van der Waals surface area contributed by atoms with E-state index in [0.717, 1.165) is 116 Å². The smallest absolute Gasteiger partial charge is 0.235 e. The number of fused-ring (bicyclic) bond motifs is 6. The predicted molar refractivity (Wildman–Crippen MR) is 304 cm³/mol. The van der Waals surface area contributed by atoms with Crippen molar-refractivity contribution in [2.24, 2.45) is 0 Å². The number of hydrogen-bond acceptors (Lipinski definition) is 4. The number of nitrogens with one attached hydrogen (secondary N) is 2. The first-order valence-corrected chi connectivity index (χ1v) is 24.6. The first-order valence-electron chi connectivity index (χ1n) is 24.6. The molecule has 0 amide bonds. The number of aromatic nitrogens is 4. The van der Waals surface area contributed by atoms with E-state index >= 15 is 0 Å². The molecule has 0 radical (unpaired) electrons. The Kier molecular flexibility index (Phi) is 10.9. The summed E-state index contributed by atoms with van der Waals surface area (Å²) in [6.45, 7) is 0. The van der Waals surface area contributed by atoms with E-state index in [0.29, 0.717) is 11.7 Å². The monoisotopic (exact) mass is 934 g/mol. The summed E-state index contributed by atoms with van der Waals surface area (Å²) in [7, 11) is 0. The summed E-state index contributed by atoms with van der Waals surface area (Å²) in [6.07, 6.45) is 1.94. The molecule has 73 heavy (non-hydrogen) atoms. The average Bonchev–Trinajstić information content (AvgIpc) is 3.97. The van der Waals surface area contributed by atoms with Gasteiger partial charge in [0.15, 0.2) is 0 Å². The van der Waals surface area contributed by atoms with Gasteiger partial charge in [0.2, 0.25) is 5.95 Å². The van der Waals surface area contributed by atoms with Crippen LogP contribution in [0.25, 0.3) is 111 Å². The maximum absolute atomic E-state index is 9.25. The molecule has 0 unspecified atom stereocenters. The third kappa shape index (κ3) is 8.13. The molecule has 10 aromatic carbocycles. The van der Waals surface area contributed by atoms with E-state index < -0.39 is 0 Å². The zero-order valence-electron chi connectivity index (χ0n) is 39.7. The lowest BCUT2D eigenvalue weighted by Crippen LogP contribution is -2.14. The number of para-hydroxylation sites is 2. The maximum Gasteiger partial charge on any atom is 0.235 e. The number of nitrogens with zero attached hydrogens (tertiary/aromatic N) is 4. The Morgan fingerprint density at radius 1 is 0.342 bits per heavy atom. The van der Waals surface area contributed by atoms with Crippen LogP contribution in [0.4, 0.5) is 0 Å². The molecule has 0 saturated heterocycles. The van der Waals surface area contributed by atoms with Crippen molar-refractivity contribution in [3.8, 4) is 61.8 Å². The van der Waals surface area contributed by atoms with Crippen molar-refractivity contribution in [2.45, 2.75) is 0 Å². The molecule has 0 fully saturated rings. The SMILES string of the molecule is N=C(/C=C(\Nn1c2ccccc2c2cc(-c3ccc4c(c3)c3ccccc3n4-c3nc(-c4ccccc4)cc(-c4cccc(-c5ccccc5)c4)n3)ccc21)c1cccc(-c2ccccc2)c1)c1ccccc1. The lowest BCUT2D eigenvalue weighted by atomic mass is 10.0. The summed E-state index contributed by atoms with van der Waals surface area (Å²) in [5.74, 6) is 0.612. The lowest BCUT2D eigenvalue weighted by molar-refractivity contribution is 0.995. The second kappa shape index (κ2) is 18.4. The molecule has 0 aliphatic heterocycles. The van der Waals surface area contributed by atoms with Crippen LogP contribution in [0.2, 0.25) is 0 Å². The van der Waals surface area contributed by atoms with E-state index in [1.54, 1.807) is 0 Å². The molecule has 0 saturated carbocycles. The Morgan fingerprint density at radius 3 is 1.45 bits per heavy atom. The Morgan fingerprint density at radius 2 is 0.781 bits per heavy atom. The van der Waals surface area contributed by atoms with E-state index in [4.69, 9.17) is 9.97 Å². The summed E-state index contributed by atoms with van der Waals surface area (Å²) in [5, 5.41) is 13.7. The Hall–Kier alpha value is -9.91. The van der Waals surface area contributed by atoms with Gasteiger partial charge in [-0.25, -0.2) is 9.97 Å². The van der Waals surface area contributed by atoms with Crippen molar-refractivity contribution < 1.29 is 0 Å². The molecule has 6 nitrogen and oxygen atoms in total. The molecular weight excluding hydrogens is 889 g/mol. The number of allylic oxidation sites excluding steroid dienone is 1. The van der Waals surface area contributed by atoms with Crippen molar-refractivity contribution in [1.29, 1.82) is 5.41 Å². The molecular formula is C67H46N6. The van der Waals surface area contributed by atoms with E-state index in [9.17, 15) is 5.41 Å². The highest BCUT2D eigenvalue weighted by atomic mass is 15.4. The second-order valence-corrected chi connectivity index (χ2v) is 18.3. The number of benzene rings is 10. The molecule has 0 spiro atoms. The van der Waals surface area contributed by atoms with Gasteiger partial charge in [0.05, 0.1) is 44.9 Å². The van der Waals surface area contributed by atoms with Gasteiger partial charge >= 0.3 is 0 Å². The topological polar surface area (TPSA) is 71.5 Å². The summed E-state index contributed by atoms with van der Waals surface area (Å²) >= 11 is 0. The van der Waals surface area contributed by atoms with Gasteiger partial charge in [-0.2, -0.15) is 0 Å². The minimum absolute atomic E-state index is 0.414. The van der Waals surface area contributed by atoms with Crippen LogP contribution in [-0.2, 0) is 0 Å². The Bertz CT molecular complexity index is 4230. The van der Waals surface area contributed by atoms with Gasteiger partial charge in [0.1, 0.15) is 0 Å². The van der Waals surface area contributed by atoms with Crippen LogP contribution in [0.15, 0.2) is 267 Å². The first kappa shape index (κ1) is 43.1. The van der Waals surface area contributed by atoms with E-state index in [2.05, 4.69) is 227 Å². The molecule has 0 aliphatic carbocycles. The fourth-order valence-electron chi connectivity index (χ4n) is 10.2. The van der Waals surface area contributed by atoms with Crippen molar-refractivity contribution in [3.05, 3.63) is 278 Å². The van der Waals surface area contributed by atoms with Gasteiger partial charge in [0.25, 0.3) is 0 Å². The molecule has 0 aliphatic rings. The van der Waals surface area contributed by atoms with Crippen LogP contribution < -0.4 is 5.43 Å². The fraction of sp³-hybridized carbons (Fsp3) is 0. The normalized spacial score (nSPS) is 11.7. The van der Waals surface area contributed by atoms with Gasteiger partial charge in [0, 0.05) is 38.2 Å². The lowest BCUT2D eigenvalue weighted by Gasteiger charge is -2.17. The molecule has 6 heteroatoms. The highest BCUT2D eigenvalue weighted by Gasteiger charge is 2.20.